The van der Waals surface area contributed by atoms with Gasteiger partial charge >= 0.3 is 0 Å². The van der Waals surface area contributed by atoms with Crippen LogP contribution in [-0.4, -0.2) is 5.78 Å². The number of ketones is 1. The smallest absolute Gasteiger partial charge is 0.211 e. The molecule has 0 bridgehead atoms. The molecule has 2 heteroatoms. The number of carbonyl (C=O) groups excluding carboxylic acids is 1. The van der Waals surface area contributed by atoms with Crippen LogP contribution in [-0.2, 0) is 6.42 Å². The van der Waals surface area contributed by atoms with E-state index in [1.165, 1.54) is 38.4 Å². The highest BCUT2D eigenvalue weighted by Crippen LogP contribution is 2.55. The van der Waals surface area contributed by atoms with Gasteiger partial charge in [-0.3, -0.25) is 4.79 Å². The first-order valence-electron chi connectivity index (χ1n) is 9.65. The van der Waals surface area contributed by atoms with Gasteiger partial charge in [0, 0.05) is 22.1 Å². The molecule has 4 aromatic carbocycles. The van der Waals surface area contributed by atoms with Gasteiger partial charge < -0.3 is 4.90 Å². The largest absolute Gasteiger partial charge is 0.305 e. The molecule has 0 saturated heterocycles. The predicted octanol–water partition coefficient (Wildman–Crippen LogP) is 5.86. The summed E-state index contributed by atoms with van der Waals surface area (Å²) in [6.45, 7) is 0. The molecule has 0 atom stereocenters. The summed E-state index contributed by atoms with van der Waals surface area (Å²) in [7, 11) is 0. The number of fused-ring (bicyclic) bond motifs is 3. The Balaban J connectivity index is 1.55. The molecule has 0 fully saturated rings. The van der Waals surface area contributed by atoms with Gasteiger partial charge in [0.2, 0.25) is 5.78 Å². The minimum Gasteiger partial charge on any atom is -0.305 e. The lowest BCUT2D eigenvalue weighted by atomic mass is 9.85. The van der Waals surface area contributed by atoms with Gasteiger partial charge in [0.15, 0.2) is 0 Å². The van der Waals surface area contributed by atoms with Crippen LogP contribution in [0.2, 0.25) is 0 Å². The van der Waals surface area contributed by atoms with Crippen LogP contribution in [0.3, 0.4) is 0 Å². The molecule has 1 heterocycles. The van der Waals surface area contributed by atoms with Crippen LogP contribution in [0.25, 0.3) is 27.1 Å². The summed E-state index contributed by atoms with van der Waals surface area (Å²) >= 11 is 0. The van der Waals surface area contributed by atoms with Crippen molar-refractivity contribution >= 4 is 38.6 Å². The molecule has 4 aromatic rings. The van der Waals surface area contributed by atoms with E-state index in [-0.39, 0.29) is 5.78 Å². The van der Waals surface area contributed by atoms with Crippen LogP contribution in [0, 0.1) is 0 Å². The maximum Gasteiger partial charge on any atom is 0.211 e. The molecule has 0 unspecified atom stereocenters. The predicted molar refractivity (Wildman–Crippen MR) is 113 cm³/mol. The lowest BCUT2D eigenvalue weighted by Gasteiger charge is -2.40. The summed E-state index contributed by atoms with van der Waals surface area (Å²) in [5.74, 6) is 0.156. The van der Waals surface area contributed by atoms with Crippen molar-refractivity contribution in [1.29, 1.82) is 0 Å². The second-order valence-electron chi connectivity index (χ2n) is 7.68. The fourth-order valence-electron chi connectivity index (χ4n) is 5.13. The van der Waals surface area contributed by atoms with Gasteiger partial charge in [-0.25, -0.2) is 0 Å². The first kappa shape index (κ1) is 14.4. The SMILES string of the molecule is O=C1C2=C3C(=CCc4cccc1c43)N2c1cc2ccccc2c2ccccc12. The molecular formula is C26H15NO. The highest BCUT2D eigenvalue weighted by Gasteiger charge is 2.47. The monoisotopic (exact) mass is 357 g/mol. The number of Topliss-reactive ketones (excluding diaryl/α,β-unsaturated/α-hetero) is 1. The third kappa shape index (κ3) is 1.54. The summed E-state index contributed by atoms with van der Waals surface area (Å²) < 4.78 is 0. The average Bonchev–Trinajstić information content (AvgIpc) is 2.99. The van der Waals surface area contributed by atoms with Gasteiger partial charge in [0.1, 0.15) is 5.70 Å². The Bertz CT molecular complexity index is 1450. The maximum atomic E-state index is 13.2. The first-order valence-corrected chi connectivity index (χ1v) is 9.65. The second kappa shape index (κ2) is 4.79. The van der Waals surface area contributed by atoms with Gasteiger partial charge in [-0.1, -0.05) is 72.8 Å². The molecule has 0 amide bonds. The van der Waals surface area contributed by atoms with Gasteiger partial charge in [-0.2, -0.15) is 0 Å². The van der Waals surface area contributed by atoms with E-state index in [0.717, 1.165) is 28.9 Å². The Morgan fingerprint density at radius 3 is 2.46 bits per heavy atom. The minimum absolute atomic E-state index is 0.156. The highest BCUT2D eigenvalue weighted by atomic mass is 16.1. The molecule has 2 aliphatic carbocycles. The standard InChI is InChI=1S/C26H15NO/c28-26-20-11-5-7-15-12-13-21-24(23(15)20)25(26)27(21)22-14-16-6-1-2-8-17(16)18-9-3-4-10-19(18)22/h1-11,13-14H,12H2. The number of hydrogen-bond donors (Lipinski definition) is 0. The Hall–Kier alpha value is -3.65. The Labute approximate surface area is 162 Å². The van der Waals surface area contributed by atoms with Crippen LogP contribution >= 0.6 is 0 Å². The zero-order valence-corrected chi connectivity index (χ0v) is 15.1. The summed E-state index contributed by atoms with van der Waals surface area (Å²) in [5, 5.41) is 4.86. The zero-order chi connectivity index (χ0) is 18.4. The van der Waals surface area contributed by atoms with E-state index in [1.54, 1.807) is 0 Å². The molecule has 2 nitrogen and oxygen atoms in total. The molecule has 0 aromatic heterocycles. The van der Waals surface area contributed by atoms with Crippen LogP contribution in [0.5, 0.6) is 0 Å². The summed E-state index contributed by atoms with van der Waals surface area (Å²) in [6, 6.07) is 25.3. The highest BCUT2D eigenvalue weighted by molar-refractivity contribution is 6.31. The quantitative estimate of drug-likeness (QED) is 0.398. The molecule has 7 rings (SSSR count). The van der Waals surface area contributed by atoms with Crippen molar-refractivity contribution in [2.45, 2.75) is 6.42 Å². The maximum absolute atomic E-state index is 13.2. The van der Waals surface area contributed by atoms with E-state index in [2.05, 4.69) is 71.6 Å². The molecule has 28 heavy (non-hydrogen) atoms. The Kier molecular flexibility index (Phi) is 2.47. The topological polar surface area (TPSA) is 20.3 Å². The number of benzene rings is 4. The van der Waals surface area contributed by atoms with Crippen molar-refractivity contribution in [3.05, 3.63) is 107 Å². The lowest BCUT2D eigenvalue weighted by molar-refractivity contribution is 0.103. The van der Waals surface area contributed by atoms with Crippen LogP contribution < -0.4 is 4.90 Å². The van der Waals surface area contributed by atoms with Crippen LogP contribution in [0.1, 0.15) is 21.5 Å². The van der Waals surface area contributed by atoms with Gasteiger partial charge in [0.05, 0.1) is 11.4 Å². The number of nitrogens with zero attached hydrogens (tertiary/aromatic N) is 1. The van der Waals surface area contributed by atoms with Crippen LogP contribution in [0.4, 0.5) is 5.69 Å². The average molecular weight is 357 g/mol. The molecule has 3 aliphatic rings. The van der Waals surface area contributed by atoms with Crippen LogP contribution in [0.15, 0.2) is 90.3 Å². The van der Waals surface area contributed by atoms with Crippen molar-refractivity contribution in [3.63, 3.8) is 0 Å². The van der Waals surface area contributed by atoms with E-state index in [4.69, 9.17) is 0 Å². The fourth-order valence-corrected chi connectivity index (χ4v) is 5.13. The summed E-state index contributed by atoms with van der Waals surface area (Å²) in [4.78, 5) is 15.4. The first-order chi connectivity index (χ1) is 13.8. The Morgan fingerprint density at radius 2 is 1.57 bits per heavy atom. The second-order valence-corrected chi connectivity index (χ2v) is 7.68. The fraction of sp³-hybridized carbons (Fsp3) is 0.0385. The van der Waals surface area contributed by atoms with Crippen molar-refractivity contribution < 1.29 is 4.79 Å². The number of carbonyl (C=O) groups is 1. The molecule has 1 aliphatic heterocycles. The lowest BCUT2D eigenvalue weighted by Crippen LogP contribution is -2.35. The Morgan fingerprint density at radius 1 is 0.786 bits per heavy atom. The zero-order valence-electron chi connectivity index (χ0n) is 15.1. The molecule has 0 spiro atoms. The van der Waals surface area contributed by atoms with E-state index < -0.39 is 0 Å². The van der Waals surface area contributed by atoms with Gasteiger partial charge in [0.25, 0.3) is 0 Å². The molecular weight excluding hydrogens is 342 g/mol. The number of hydrogen-bond acceptors (Lipinski definition) is 2. The van der Waals surface area contributed by atoms with Gasteiger partial charge in [-0.05, 0) is 34.2 Å². The van der Waals surface area contributed by atoms with Crippen molar-refractivity contribution in [2.75, 3.05) is 4.90 Å². The molecule has 130 valence electrons. The number of rotatable bonds is 1. The van der Waals surface area contributed by atoms with E-state index in [9.17, 15) is 4.79 Å². The normalized spacial score (nSPS) is 16.5. The van der Waals surface area contributed by atoms with Crippen molar-refractivity contribution in [1.82, 2.24) is 0 Å². The molecule has 0 radical (unpaired) electrons. The van der Waals surface area contributed by atoms with Gasteiger partial charge in [-0.15, -0.1) is 0 Å². The number of anilines is 1. The summed E-state index contributed by atoms with van der Waals surface area (Å²) in [6.07, 6.45) is 3.15. The number of allylic oxidation sites excluding steroid dienone is 3. The van der Waals surface area contributed by atoms with Crippen molar-refractivity contribution in [2.24, 2.45) is 0 Å². The van der Waals surface area contributed by atoms with E-state index >= 15 is 0 Å². The molecule has 0 N–H and O–H groups in total. The van der Waals surface area contributed by atoms with E-state index in [0.29, 0.717) is 0 Å². The van der Waals surface area contributed by atoms with E-state index in [1.807, 2.05) is 12.1 Å². The molecule has 0 saturated carbocycles. The third-order valence-corrected chi connectivity index (χ3v) is 6.32. The minimum atomic E-state index is 0.156. The summed E-state index contributed by atoms with van der Waals surface area (Å²) in [5.41, 5.74) is 7.57. The third-order valence-electron chi connectivity index (χ3n) is 6.32. The van der Waals surface area contributed by atoms with Crippen molar-refractivity contribution in [3.8, 4) is 0 Å².